The fourth-order valence-electron chi connectivity index (χ4n) is 6.83. The molecule has 0 radical (unpaired) electrons. The minimum absolute atomic E-state index is 0.862. The van der Waals surface area contributed by atoms with E-state index in [1.54, 1.807) is 25.7 Å². The van der Waals surface area contributed by atoms with Gasteiger partial charge in [0, 0.05) is 0 Å². The number of rotatable bonds is 2. The first kappa shape index (κ1) is 9.07. The summed E-state index contributed by atoms with van der Waals surface area (Å²) in [6, 6.07) is 0. The molecule has 4 rings (SSSR count). The van der Waals surface area contributed by atoms with Crippen LogP contribution in [0.1, 0.15) is 52.4 Å². The van der Waals surface area contributed by atoms with Crippen molar-refractivity contribution in [3.63, 3.8) is 0 Å². The highest BCUT2D eigenvalue weighted by atomic mass is 14.8. The van der Waals surface area contributed by atoms with Gasteiger partial charge >= 0.3 is 0 Å². The molecule has 84 valence electrons. The minimum Gasteiger partial charge on any atom is -0.0651 e. The Kier molecular flexibility index (Phi) is 1.59. The van der Waals surface area contributed by atoms with Gasteiger partial charge in [0.15, 0.2) is 0 Å². The highest BCUT2D eigenvalue weighted by molar-refractivity contribution is 5.20. The average Bonchev–Trinajstić information content (AvgIpc) is 2.64. The molecule has 4 aliphatic carbocycles. The SMILES string of the molecule is CCC1CC2CC3CC4C2C1C4(CC)C3. The molecular formula is C15H24. The summed E-state index contributed by atoms with van der Waals surface area (Å²) in [5, 5.41) is 0. The lowest BCUT2D eigenvalue weighted by molar-refractivity contribution is -0.117. The van der Waals surface area contributed by atoms with E-state index < -0.39 is 0 Å². The molecule has 4 saturated carbocycles. The fraction of sp³-hybridized carbons (Fsp3) is 1.00. The summed E-state index contributed by atoms with van der Waals surface area (Å²) in [6.45, 7) is 4.92. The molecule has 4 aliphatic rings. The molecule has 0 N–H and O–H groups in total. The molecular weight excluding hydrogens is 180 g/mol. The second-order valence-electron chi connectivity index (χ2n) is 7.00. The Bertz CT molecular complexity index is 294. The van der Waals surface area contributed by atoms with Crippen molar-refractivity contribution in [3.8, 4) is 0 Å². The summed E-state index contributed by atoms with van der Waals surface area (Å²) in [6.07, 6.45) is 9.45. The van der Waals surface area contributed by atoms with Crippen LogP contribution in [0.2, 0.25) is 0 Å². The van der Waals surface area contributed by atoms with Gasteiger partial charge in [0.25, 0.3) is 0 Å². The van der Waals surface area contributed by atoms with Gasteiger partial charge in [-0.1, -0.05) is 20.3 Å². The summed E-state index contributed by atoms with van der Waals surface area (Å²) < 4.78 is 0. The summed E-state index contributed by atoms with van der Waals surface area (Å²) >= 11 is 0. The first-order valence-corrected chi connectivity index (χ1v) is 7.30. The third-order valence-corrected chi connectivity index (χ3v) is 7.01. The maximum atomic E-state index is 2.48. The molecule has 0 heteroatoms. The standard InChI is InChI=1S/C15H24/c1-3-10-7-11-5-9-6-12-13(11)14(10)15(12,4-2)8-9/h9-14H,3-8H2,1-2H3. The minimum atomic E-state index is 0.862. The Hall–Kier alpha value is 0. The van der Waals surface area contributed by atoms with E-state index in [-0.39, 0.29) is 0 Å². The molecule has 15 heavy (non-hydrogen) atoms. The first-order valence-electron chi connectivity index (χ1n) is 7.30. The van der Waals surface area contributed by atoms with Crippen molar-refractivity contribution in [3.05, 3.63) is 0 Å². The van der Waals surface area contributed by atoms with E-state index in [9.17, 15) is 0 Å². The van der Waals surface area contributed by atoms with Crippen LogP contribution >= 0.6 is 0 Å². The number of hydrogen-bond donors (Lipinski definition) is 0. The monoisotopic (exact) mass is 204 g/mol. The van der Waals surface area contributed by atoms with Gasteiger partial charge in [0.05, 0.1) is 0 Å². The van der Waals surface area contributed by atoms with Gasteiger partial charge in [0.1, 0.15) is 0 Å². The molecule has 0 spiro atoms. The topological polar surface area (TPSA) is 0 Å². The molecule has 0 heterocycles. The average molecular weight is 204 g/mol. The molecule has 0 amide bonds. The van der Waals surface area contributed by atoms with Crippen LogP contribution < -0.4 is 0 Å². The molecule has 0 aromatic heterocycles. The van der Waals surface area contributed by atoms with E-state index in [0.29, 0.717) is 0 Å². The second kappa shape index (κ2) is 2.63. The lowest BCUT2D eigenvalue weighted by atomic mass is 9.45. The van der Waals surface area contributed by atoms with Gasteiger partial charge in [-0.05, 0) is 73.0 Å². The zero-order valence-corrected chi connectivity index (χ0v) is 10.2. The predicted molar refractivity (Wildman–Crippen MR) is 62.4 cm³/mol. The fourth-order valence-corrected chi connectivity index (χ4v) is 6.83. The molecule has 4 fully saturated rings. The molecule has 0 aromatic carbocycles. The summed E-state index contributed by atoms with van der Waals surface area (Å²) in [7, 11) is 0. The largest absolute Gasteiger partial charge is 0.0651 e. The van der Waals surface area contributed by atoms with Crippen molar-refractivity contribution in [2.75, 3.05) is 0 Å². The van der Waals surface area contributed by atoms with Crippen LogP contribution in [-0.4, -0.2) is 0 Å². The van der Waals surface area contributed by atoms with E-state index in [4.69, 9.17) is 0 Å². The van der Waals surface area contributed by atoms with Gasteiger partial charge in [-0.3, -0.25) is 0 Å². The first-order chi connectivity index (χ1) is 7.30. The summed E-state index contributed by atoms with van der Waals surface area (Å²) in [5.41, 5.74) is 0.862. The van der Waals surface area contributed by atoms with Crippen LogP contribution in [0.3, 0.4) is 0 Å². The molecule has 7 atom stereocenters. The Morgan fingerprint density at radius 1 is 1.13 bits per heavy atom. The van der Waals surface area contributed by atoms with Gasteiger partial charge in [-0.15, -0.1) is 0 Å². The van der Waals surface area contributed by atoms with Crippen molar-refractivity contribution in [1.82, 2.24) is 0 Å². The smallest absolute Gasteiger partial charge is 0.0232 e. The molecule has 2 bridgehead atoms. The Balaban J connectivity index is 1.77. The summed E-state index contributed by atoms with van der Waals surface area (Å²) in [5.74, 6) is 7.01. The Labute approximate surface area is 93.8 Å². The van der Waals surface area contributed by atoms with Crippen LogP contribution in [0.25, 0.3) is 0 Å². The lowest BCUT2D eigenvalue weighted by Crippen LogP contribution is -2.54. The molecule has 0 saturated heterocycles. The van der Waals surface area contributed by atoms with Crippen molar-refractivity contribution < 1.29 is 0 Å². The van der Waals surface area contributed by atoms with Crippen molar-refractivity contribution in [2.45, 2.75) is 52.4 Å². The van der Waals surface area contributed by atoms with Gasteiger partial charge in [-0.25, -0.2) is 0 Å². The Morgan fingerprint density at radius 2 is 2.00 bits per heavy atom. The van der Waals surface area contributed by atoms with E-state index >= 15 is 0 Å². The van der Waals surface area contributed by atoms with E-state index in [1.807, 2.05) is 0 Å². The lowest BCUT2D eigenvalue weighted by Gasteiger charge is -2.59. The van der Waals surface area contributed by atoms with E-state index in [1.165, 1.54) is 36.5 Å². The third-order valence-electron chi connectivity index (χ3n) is 7.01. The number of fused-ring (bicyclic) bond motifs is 2. The maximum absolute atomic E-state index is 2.48. The van der Waals surface area contributed by atoms with Crippen molar-refractivity contribution in [1.29, 1.82) is 0 Å². The molecule has 0 aromatic rings. The van der Waals surface area contributed by atoms with Crippen molar-refractivity contribution >= 4 is 0 Å². The molecule has 7 unspecified atom stereocenters. The maximum Gasteiger partial charge on any atom is -0.0232 e. The quantitative estimate of drug-likeness (QED) is 0.635. The van der Waals surface area contributed by atoms with Crippen LogP contribution in [0.4, 0.5) is 0 Å². The normalized spacial score (nSPS) is 64.4. The van der Waals surface area contributed by atoms with Crippen LogP contribution in [-0.2, 0) is 0 Å². The van der Waals surface area contributed by atoms with Crippen LogP contribution in [0.15, 0.2) is 0 Å². The van der Waals surface area contributed by atoms with E-state index in [0.717, 1.165) is 17.3 Å². The zero-order valence-electron chi connectivity index (χ0n) is 10.2. The van der Waals surface area contributed by atoms with Crippen molar-refractivity contribution in [2.24, 2.45) is 40.9 Å². The van der Waals surface area contributed by atoms with E-state index in [2.05, 4.69) is 13.8 Å². The molecule has 0 aliphatic heterocycles. The third kappa shape index (κ3) is 0.806. The summed E-state index contributed by atoms with van der Waals surface area (Å²) in [4.78, 5) is 0. The van der Waals surface area contributed by atoms with Crippen LogP contribution in [0.5, 0.6) is 0 Å². The van der Waals surface area contributed by atoms with Crippen LogP contribution in [0, 0.1) is 40.9 Å². The highest BCUT2D eigenvalue weighted by Gasteiger charge is 2.72. The van der Waals surface area contributed by atoms with Gasteiger partial charge in [-0.2, -0.15) is 0 Å². The zero-order chi connectivity index (χ0) is 10.2. The Morgan fingerprint density at radius 3 is 2.73 bits per heavy atom. The van der Waals surface area contributed by atoms with Gasteiger partial charge < -0.3 is 0 Å². The molecule has 0 nitrogen and oxygen atoms in total. The highest BCUT2D eigenvalue weighted by Crippen LogP contribution is 2.79. The number of hydrogen-bond acceptors (Lipinski definition) is 0. The second-order valence-corrected chi connectivity index (χ2v) is 7.00. The predicted octanol–water partition coefficient (Wildman–Crippen LogP) is 4.10. The van der Waals surface area contributed by atoms with Gasteiger partial charge in [0.2, 0.25) is 0 Å².